The van der Waals surface area contributed by atoms with Crippen molar-refractivity contribution in [2.75, 3.05) is 36.4 Å². The van der Waals surface area contributed by atoms with Crippen LogP contribution in [0.15, 0.2) is 24.3 Å². The van der Waals surface area contributed by atoms with Gasteiger partial charge < -0.3 is 20.0 Å². The first-order chi connectivity index (χ1) is 16.6. The molecule has 1 saturated heterocycles. The van der Waals surface area contributed by atoms with Gasteiger partial charge in [-0.15, -0.1) is 0 Å². The van der Waals surface area contributed by atoms with Gasteiger partial charge in [0, 0.05) is 54.8 Å². The van der Waals surface area contributed by atoms with Gasteiger partial charge in [0.25, 0.3) is 5.91 Å². The normalized spacial score (nSPS) is 16.2. The lowest BCUT2D eigenvalue weighted by atomic mass is 9.94. The van der Waals surface area contributed by atoms with Crippen molar-refractivity contribution in [1.82, 2.24) is 19.8 Å². The Bertz CT molecular complexity index is 1090. The van der Waals surface area contributed by atoms with Gasteiger partial charge in [-0.05, 0) is 51.8 Å². The molecule has 1 fully saturated rings. The molecule has 0 saturated carbocycles. The van der Waals surface area contributed by atoms with E-state index in [4.69, 9.17) is 21.6 Å². The van der Waals surface area contributed by atoms with Crippen molar-refractivity contribution < 1.29 is 9.59 Å². The lowest BCUT2D eigenvalue weighted by molar-refractivity contribution is -0.131. The monoisotopic (exact) mass is 498 g/mol. The Labute approximate surface area is 212 Å². The van der Waals surface area contributed by atoms with Crippen LogP contribution >= 0.6 is 11.6 Å². The maximum absolute atomic E-state index is 13.2. The summed E-state index contributed by atoms with van der Waals surface area (Å²) in [5, 5.41) is 4.34. The number of nitrogens with one attached hydrogen (secondary N) is 1. The molecule has 2 aliphatic rings. The van der Waals surface area contributed by atoms with E-state index in [9.17, 15) is 9.59 Å². The average molecular weight is 499 g/mol. The summed E-state index contributed by atoms with van der Waals surface area (Å²) in [7, 11) is 0. The summed E-state index contributed by atoms with van der Waals surface area (Å²) in [5.41, 5.74) is 2.15. The van der Waals surface area contributed by atoms with Gasteiger partial charge in [-0.3, -0.25) is 9.59 Å². The number of amides is 2. The van der Waals surface area contributed by atoms with Crippen molar-refractivity contribution in [3.63, 3.8) is 0 Å². The van der Waals surface area contributed by atoms with E-state index in [0.717, 1.165) is 17.5 Å². The topological polar surface area (TPSA) is 81.7 Å². The van der Waals surface area contributed by atoms with Crippen molar-refractivity contribution in [2.24, 2.45) is 0 Å². The summed E-state index contributed by atoms with van der Waals surface area (Å²) in [4.78, 5) is 40.8. The molecule has 0 spiro atoms. The fourth-order valence-corrected chi connectivity index (χ4v) is 4.82. The minimum absolute atomic E-state index is 0.0583. The quantitative estimate of drug-likeness (QED) is 0.621. The molecule has 2 aliphatic heterocycles. The maximum atomic E-state index is 13.2. The number of aromatic nitrogens is 2. The molecule has 3 heterocycles. The fraction of sp³-hybridized carbons (Fsp3) is 0.538. The summed E-state index contributed by atoms with van der Waals surface area (Å²) >= 11 is 6.06. The molecule has 0 aliphatic carbocycles. The van der Waals surface area contributed by atoms with Crippen LogP contribution in [0.25, 0.3) is 0 Å². The predicted molar refractivity (Wildman–Crippen MR) is 139 cm³/mol. The Balaban J connectivity index is 1.62. The van der Waals surface area contributed by atoms with Gasteiger partial charge in [-0.25, -0.2) is 4.98 Å². The molecule has 0 bridgehead atoms. The summed E-state index contributed by atoms with van der Waals surface area (Å²) in [5.74, 6) is 1.34. The number of carbonyl (C=O) groups is 2. The van der Waals surface area contributed by atoms with E-state index in [1.807, 2.05) is 54.8 Å². The van der Waals surface area contributed by atoms with Gasteiger partial charge in [0.15, 0.2) is 0 Å². The Morgan fingerprint density at radius 3 is 2.37 bits per heavy atom. The molecule has 1 aromatic carbocycles. The lowest BCUT2D eigenvalue weighted by Crippen LogP contribution is -2.49. The molecule has 35 heavy (non-hydrogen) atoms. The van der Waals surface area contributed by atoms with Crippen LogP contribution < -0.4 is 10.2 Å². The van der Waals surface area contributed by atoms with E-state index in [0.29, 0.717) is 61.6 Å². The SMILES string of the molecule is CCC(=O)N1CCN(c2nc(NC(C)(C)Cc3ccc(Cl)cc3)c3c(n2)C(=O)N(C(C)C)C3)CC1. The highest BCUT2D eigenvalue weighted by atomic mass is 35.5. The van der Waals surface area contributed by atoms with E-state index in [-0.39, 0.29) is 23.4 Å². The molecule has 2 amide bonds. The summed E-state index contributed by atoms with van der Waals surface area (Å²) in [6, 6.07) is 7.93. The van der Waals surface area contributed by atoms with Gasteiger partial charge in [0.1, 0.15) is 11.5 Å². The molecular formula is C26H35ClN6O2. The molecular weight excluding hydrogens is 464 g/mol. The second kappa shape index (κ2) is 10.0. The summed E-state index contributed by atoms with van der Waals surface area (Å²) in [6.07, 6.45) is 1.27. The molecule has 188 valence electrons. The van der Waals surface area contributed by atoms with Crippen LogP contribution in [0.1, 0.15) is 62.7 Å². The zero-order chi connectivity index (χ0) is 25.3. The van der Waals surface area contributed by atoms with Gasteiger partial charge in [0.2, 0.25) is 11.9 Å². The molecule has 1 aromatic heterocycles. The van der Waals surface area contributed by atoms with Crippen LogP contribution in [-0.2, 0) is 17.8 Å². The van der Waals surface area contributed by atoms with Gasteiger partial charge >= 0.3 is 0 Å². The number of rotatable bonds is 7. The van der Waals surface area contributed by atoms with E-state index in [2.05, 4.69) is 24.1 Å². The van der Waals surface area contributed by atoms with Gasteiger partial charge in [0.05, 0.1) is 6.54 Å². The highest BCUT2D eigenvalue weighted by Gasteiger charge is 2.36. The first kappa shape index (κ1) is 25.2. The number of fused-ring (bicyclic) bond motifs is 1. The van der Waals surface area contributed by atoms with Crippen LogP contribution in [0.4, 0.5) is 11.8 Å². The zero-order valence-electron chi connectivity index (χ0n) is 21.3. The van der Waals surface area contributed by atoms with Crippen molar-refractivity contribution in [3.8, 4) is 0 Å². The van der Waals surface area contributed by atoms with E-state index >= 15 is 0 Å². The van der Waals surface area contributed by atoms with Crippen molar-refractivity contribution in [3.05, 3.63) is 46.1 Å². The molecule has 0 unspecified atom stereocenters. The van der Waals surface area contributed by atoms with E-state index < -0.39 is 0 Å². The second-order valence-electron chi connectivity index (χ2n) is 10.3. The molecule has 0 radical (unpaired) electrons. The first-order valence-corrected chi connectivity index (χ1v) is 12.7. The number of hydrogen-bond donors (Lipinski definition) is 1. The largest absolute Gasteiger partial charge is 0.364 e. The highest BCUT2D eigenvalue weighted by Crippen LogP contribution is 2.32. The maximum Gasteiger partial charge on any atom is 0.273 e. The second-order valence-corrected chi connectivity index (χ2v) is 10.7. The van der Waals surface area contributed by atoms with Crippen molar-refractivity contribution in [1.29, 1.82) is 0 Å². The Morgan fingerprint density at radius 1 is 1.11 bits per heavy atom. The number of piperazine rings is 1. The van der Waals surface area contributed by atoms with Gasteiger partial charge in [-0.2, -0.15) is 4.98 Å². The zero-order valence-corrected chi connectivity index (χ0v) is 22.0. The number of anilines is 2. The minimum Gasteiger partial charge on any atom is -0.364 e. The number of carbonyl (C=O) groups excluding carboxylic acids is 2. The molecule has 4 rings (SSSR count). The van der Waals surface area contributed by atoms with Crippen molar-refractivity contribution in [2.45, 2.75) is 65.6 Å². The van der Waals surface area contributed by atoms with Crippen LogP contribution in [0.3, 0.4) is 0 Å². The predicted octanol–water partition coefficient (Wildman–Crippen LogP) is 3.99. The molecule has 0 atom stereocenters. The third-order valence-electron chi connectivity index (χ3n) is 6.64. The highest BCUT2D eigenvalue weighted by molar-refractivity contribution is 6.30. The third kappa shape index (κ3) is 5.53. The van der Waals surface area contributed by atoms with Crippen LogP contribution in [-0.4, -0.2) is 69.3 Å². The minimum atomic E-state index is -0.326. The first-order valence-electron chi connectivity index (χ1n) is 12.3. The van der Waals surface area contributed by atoms with Crippen LogP contribution in [0.2, 0.25) is 5.02 Å². The Hall–Kier alpha value is -2.87. The Morgan fingerprint density at radius 2 is 1.77 bits per heavy atom. The summed E-state index contributed by atoms with van der Waals surface area (Å²) in [6.45, 7) is 13.2. The number of nitrogens with zero attached hydrogens (tertiary/aromatic N) is 5. The number of benzene rings is 1. The van der Waals surface area contributed by atoms with Gasteiger partial charge in [-0.1, -0.05) is 30.7 Å². The average Bonchev–Trinajstić information content (AvgIpc) is 3.17. The van der Waals surface area contributed by atoms with Crippen molar-refractivity contribution >= 4 is 35.2 Å². The standard InChI is InChI=1S/C26H35ClN6O2/c1-6-21(34)31-11-13-32(14-12-31)25-28-22-20(16-33(17(2)3)24(22)35)23(29-25)30-26(4,5)15-18-7-9-19(27)10-8-18/h7-10,17H,6,11-16H2,1-5H3,(H,28,29,30). The summed E-state index contributed by atoms with van der Waals surface area (Å²) < 4.78 is 0. The number of hydrogen-bond acceptors (Lipinski definition) is 6. The van der Waals surface area contributed by atoms with E-state index in [1.54, 1.807) is 0 Å². The fourth-order valence-electron chi connectivity index (χ4n) is 4.70. The molecule has 1 N–H and O–H groups in total. The smallest absolute Gasteiger partial charge is 0.273 e. The van der Waals surface area contributed by atoms with Crippen LogP contribution in [0.5, 0.6) is 0 Å². The lowest BCUT2D eigenvalue weighted by Gasteiger charge is -2.35. The molecule has 2 aromatic rings. The van der Waals surface area contributed by atoms with Crippen LogP contribution in [0, 0.1) is 0 Å². The van der Waals surface area contributed by atoms with E-state index in [1.165, 1.54) is 0 Å². The molecule has 8 nitrogen and oxygen atoms in total. The Kier molecular flexibility index (Phi) is 7.22. The third-order valence-corrected chi connectivity index (χ3v) is 6.90. The number of halogens is 1. The molecule has 9 heteroatoms.